The topological polar surface area (TPSA) is 64.6 Å². The Morgan fingerprint density at radius 3 is 2.89 bits per heavy atom. The molecule has 4 aromatic rings. The molecule has 0 unspecified atom stereocenters. The highest BCUT2D eigenvalue weighted by Crippen LogP contribution is 2.27. The smallest absolute Gasteiger partial charge is 0.315 e. The molecule has 0 radical (unpaired) electrons. The van der Waals surface area contributed by atoms with Gasteiger partial charge in [-0.1, -0.05) is 41.0 Å². The predicted octanol–water partition coefficient (Wildman–Crippen LogP) is 4.15. The van der Waals surface area contributed by atoms with E-state index in [0.717, 1.165) is 21.8 Å². The minimum atomic E-state index is -0.649. The lowest BCUT2D eigenvalue weighted by atomic mass is 10.2. The third-order valence-electron chi connectivity index (χ3n) is 4.32. The summed E-state index contributed by atoms with van der Waals surface area (Å²) in [4.78, 5) is 29.6. The van der Waals surface area contributed by atoms with E-state index in [-0.39, 0.29) is 17.7 Å². The molecule has 7 heteroatoms. The van der Waals surface area contributed by atoms with Gasteiger partial charge >= 0.3 is 5.91 Å². The maximum Gasteiger partial charge on any atom is 0.315 e. The lowest BCUT2D eigenvalue weighted by molar-refractivity contribution is 0.0972. The van der Waals surface area contributed by atoms with Gasteiger partial charge in [0.25, 0.3) is 0 Å². The van der Waals surface area contributed by atoms with Gasteiger partial charge in [0.1, 0.15) is 5.58 Å². The minimum Gasteiger partial charge on any atom is -0.451 e. The molecule has 0 aliphatic heterocycles. The van der Waals surface area contributed by atoms with Crippen LogP contribution < -0.4 is 10.2 Å². The average molecular weight is 409 g/mol. The number of fused-ring (bicyclic) bond motifs is 2. The second kappa shape index (κ2) is 7.12. The van der Waals surface area contributed by atoms with Gasteiger partial charge in [-0.25, -0.2) is 0 Å². The lowest BCUT2D eigenvalue weighted by Gasteiger charge is -2.04. The van der Waals surface area contributed by atoms with Crippen molar-refractivity contribution in [2.45, 2.75) is 13.5 Å². The van der Waals surface area contributed by atoms with Crippen molar-refractivity contribution in [2.75, 3.05) is 0 Å². The highest BCUT2D eigenvalue weighted by molar-refractivity contribution is 7.16. The van der Waals surface area contributed by atoms with E-state index in [2.05, 4.69) is 10.9 Å². The zero-order valence-corrected chi connectivity index (χ0v) is 16.3. The number of nitrogens with zero attached hydrogens (tertiary/aromatic N) is 2. The van der Waals surface area contributed by atoms with Gasteiger partial charge in [-0.15, -0.1) is 6.42 Å². The highest BCUT2D eigenvalue weighted by atomic mass is 35.5. The first-order valence-electron chi connectivity index (χ1n) is 8.33. The fourth-order valence-electron chi connectivity index (χ4n) is 2.99. The van der Waals surface area contributed by atoms with Gasteiger partial charge in [-0.3, -0.25) is 9.59 Å². The Kier molecular flexibility index (Phi) is 4.63. The number of halogens is 1. The number of amides is 1. The minimum absolute atomic E-state index is 0.122. The van der Waals surface area contributed by atoms with Crippen LogP contribution in [0.2, 0.25) is 5.02 Å². The molecular formula is C21H13ClN2O3S. The lowest BCUT2D eigenvalue weighted by Crippen LogP contribution is -2.17. The molecule has 0 bridgehead atoms. The van der Waals surface area contributed by atoms with Crippen molar-refractivity contribution in [3.8, 4) is 12.3 Å². The van der Waals surface area contributed by atoms with Crippen molar-refractivity contribution in [1.29, 1.82) is 0 Å². The third kappa shape index (κ3) is 3.05. The third-order valence-corrected chi connectivity index (χ3v) is 5.77. The number of hydrogen-bond donors (Lipinski definition) is 0. The van der Waals surface area contributed by atoms with Crippen LogP contribution in [0.5, 0.6) is 0 Å². The number of thiazole rings is 1. The SMILES string of the molecule is C#CCn1c(=NC(=O)c2cc(=O)c3ccccc3o2)sc2ccc(Cl)c(C)c21. The molecule has 5 nitrogen and oxygen atoms in total. The molecule has 0 saturated heterocycles. The maximum absolute atomic E-state index is 12.7. The zero-order chi connectivity index (χ0) is 19.8. The fraction of sp³-hybridized carbons (Fsp3) is 0.0952. The normalized spacial score (nSPS) is 11.8. The second-order valence-corrected chi connectivity index (χ2v) is 7.50. The van der Waals surface area contributed by atoms with Crippen LogP contribution in [-0.2, 0) is 6.54 Å². The van der Waals surface area contributed by atoms with Gasteiger partial charge in [-0.2, -0.15) is 4.99 Å². The van der Waals surface area contributed by atoms with Crippen LogP contribution in [0.4, 0.5) is 0 Å². The van der Waals surface area contributed by atoms with Crippen molar-refractivity contribution in [3.05, 3.63) is 73.8 Å². The van der Waals surface area contributed by atoms with Gasteiger partial charge in [0.05, 0.1) is 22.1 Å². The first-order valence-corrected chi connectivity index (χ1v) is 9.53. The molecule has 2 aromatic carbocycles. The summed E-state index contributed by atoms with van der Waals surface area (Å²) >= 11 is 7.55. The summed E-state index contributed by atoms with van der Waals surface area (Å²) in [5.41, 5.74) is 1.73. The molecule has 2 aromatic heterocycles. The largest absolute Gasteiger partial charge is 0.451 e. The molecule has 0 saturated carbocycles. The molecule has 4 rings (SSSR count). The summed E-state index contributed by atoms with van der Waals surface area (Å²) in [7, 11) is 0. The van der Waals surface area contributed by atoms with Crippen molar-refractivity contribution in [2.24, 2.45) is 4.99 Å². The van der Waals surface area contributed by atoms with Crippen LogP contribution in [0.25, 0.3) is 21.2 Å². The molecule has 28 heavy (non-hydrogen) atoms. The molecule has 138 valence electrons. The Labute approximate surface area is 168 Å². The quantitative estimate of drug-likeness (QED) is 0.468. The van der Waals surface area contributed by atoms with Gasteiger partial charge in [0.15, 0.2) is 16.0 Å². The van der Waals surface area contributed by atoms with Crippen LogP contribution >= 0.6 is 22.9 Å². The Morgan fingerprint density at radius 1 is 1.32 bits per heavy atom. The zero-order valence-electron chi connectivity index (χ0n) is 14.7. The molecular weight excluding hydrogens is 396 g/mol. The van der Waals surface area contributed by atoms with E-state index in [1.165, 1.54) is 11.3 Å². The van der Waals surface area contributed by atoms with E-state index in [0.29, 0.717) is 20.8 Å². The number of aromatic nitrogens is 1. The van der Waals surface area contributed by atoms with Crippen molar-refractivity contribution in [3.63, 3.8) is 0 Å². The van der Waals surface area contributed by atoms with Gasteiger partial charge in [0.2, 0.25) is 0 Å². The first kappa shape index (κ1) is 18.2. The summed E-state index contributed by atoms with van der Waals surface area (Å²) < 4.78 is 8.25. The van der Waals surface area contributed by atoms with Crippen molar-refractivity contribution in [1.82, 2.24) is 4.57 Å². The Hall–Kier alpha value is -3.14. The summed E-state index contributed by atoms with van der Waals surface area (Å²) in [6.45, 7) is 2.12. The number of hydrogen-bond acceptors (Lipinski definition) is 4. The number of benzene rings is 2. The summed E-state index contributed by atoms with van der Waals surface area (Å²) in [5.74, 6) is 1.81. The van der Waals surface area contributed by atoms with E-state index in [9.17, 15) is 9.59 Å². The average Bonchev–Trinajstić information content (AvgIpc) is 3.03. The Balaban J connectivity index is 1.92. The van der Waals surface area contributed by atoms with E-state index in [1.807, 2.05) is 13.0 Å². The Bertz CT molecular complexity index is 1420. The van der Waals surface area contributed by atoms with Crippen LogP contribution in [0.1, 0.15) is 16.1 Å². The van der Waals surface area contributed by atoms with Crippen LogP contribution in [0, 0.1) is 19.3 Å². The fourth-order valence-corrected chi connectivity index (χ4v) is 4.23. The Morgan fingerprint density at radius 2 is 2.11 bits per heavy atom. The second-order valence-electron chi connectivity index (χ2n) is 6.08. The first-order chi connectivity index (χ1) is 13.5. The molecule has 0 fully saturated rings. The number of terminal acetylenes is 1. The number of rotatable bonds is 2. The van der Waals surface area contributed by atoms with Crippen molar-refractivity contribution < 1.29 is 9.21 Å². The van der Waals surface area contributed by atoms with E-state index in [4.69, 9.17) is 22.4 Å². The number of carbonyl (C=O) groups is 1. The summed E-state index contributed by atoms with van der Waals surface area (Å²) in [6.07, 6.45) is 5.51. The van der Waals surface area contributed by atoms with Gasteiger partial charge < -0.3 is 8.98 Å². The monoisotopic (exact) mass is 408 g/mol. The molecule has 0 aliphatic carbocycles. The van der Waals surface area contributed by atoms with Gasteiger partial charge in [-0.05, 0) is 36.8 Å². The molecule has 2 heterocycles. The summed E-state index contributed by atoms with van der Waals surface area (Å²) in [5, 5.41) is 1.02. The van der Waals surface area contributed by atoms with Gasteiger partial charge in [0, 0.05) is 11.1 Å². The van der Waals surface area contributed by atoms with Crippen LogP contribution in [-0.4, -0.2) is 10.5 Å². The molecule has 1 amide bonds. The van der Waals surface area contributed by atoms with E-state index < -0.39 is 5.91 Å². The van der Waals surface area contributed by atoms with E-state index in [1.54, 1.807) is 34.9 Å². The number of aryl methyl sites for hydroxylation is 1. The molecule has 0 spiro atoms. The standard InChI is InChI=1S/C21H13ClN2O3S/c1-3-10-24-19-12(2)14(22)8-9-18(19)28-21(24)23-20(26)17-11-15(25)13-6-4-5-7-16(13)27-17/h1,4-9,11H,10H2,2H3. The predicted molar refractivity (Wildman–Crippen MR) is 111 cm³/mol. The van der Waals surface area contributed by atoms with E-state index >= 15 is 0 Å². The highest BCUT2D eigenvalue weighted by Gasteiger charge is 2.15. The molecule has 0 aliphatic rings. The van der Waals surface area contributed by atoms with Crippen LogP contribution in [0.3, 0.4) is 0 Å². The van der Waals surface area contributed by atoms with Crippen LogP contribution in [0.15, 0.2) is 56.7 Å². The number of carbonyl (C=O) groups excluding carboxylic acids is 1. The maximum atomic E-state index is 12.7. The molecule has 0 N–H and O–H groups in total. The molecule has 0 atom stereocenters. The number of para-hydroxylation sites is 1. The summed E-state index contributed by atoms with van der Waals surface area (Å²) in [6, 6.07) is 11.6. The van der Waals surface area contributed by atoms with Crippen molar-refractivity contribution >= 4 is 50.0 Å².